The van der Waals surface area contributed by atoms with Gasteiger partial charge in [-0.05, 0) is 6.92 Å². The molecule has 0 aromatic carbocycles. The third-order valence-electron chi connectivity index (χ3n) is 1.46. The van der Waals surface area contributed by atoms with Gasteiger partial charge in [-0.15, -0.1) is 0 Å². The van der Waals surface area contributed by atoms with Gasteiger partial charge in [0, 0.05) is 11.8 Å². The highest BCUT2D eigenvalue weighted by atomic mass is 32.2. The minimum absolute atomic E-state index is 0.246. The number of hydrazine groups is 1. The predicted octanol–water partition coefficient (Wildman–Crippen LogP) is 0.291. The zero-order valence-electron chi connectivity index (χ0n) is 7.24. The van der Waals surface area contributed by atoms with E-state index < -0.39 is 5.97 Å². The van der Waals surface area contributed by atoms with E-state index in [2.05, 4.69) is 0 Å². The number of hydrogen-bond donors (Lipinski definition) is 2. The summed E-state index contributed by atoms with van der Waals surface area (Å²) in [5, 5.41) is 8.73. The van der Waals surface area contributed by atoms with E-state index in [9.17, 15) is 4.79 Å². The quantitative estimate of drug-likeness (QED) is 0.381. The minimum Gasteiger partial charge on any atom is -0.463 e. The lowest BCUT2D eigenvalue weighted by molar-refractivity contribution is -0.137. The summed E-state index contributed by atoms with van der Waals surface area (Å²) in [6.45, 7) is 2.08. The molecule has 0 atom stereocenters. The molecule has 13 heavy (non-hydrogen) atoms. The number of carbonyl (C=O) groups excluding carboxylic acids is 1. The van der Waals surface area contributed by atoms with Crippen molar-refractivity contribution in [2.45, 2.75) is 6.92 Å². The fourth-order valence-electron chi connectivity index (χ4n) is 0.843. The average Bonchev–Trinajstić information content (AvgIpc) is 2.37. The predicted molar refractivity (Wildman–Crippen MR) is 50.9 cm³/mol. The number of nitrogens with zero attached hydrogens (tertiary/aromatic N) is 1. The molecule has 0 aromatic rings. The largest absolute Gasteiger partial charge is 0.463 e. The lowest BCUT2D eigenvalue weighted by Crippen LogP contribution is -2.30. The summed E-state index contributed by atoms with van der Waals surface area (Å²) in [7, 11) is 0. The van der Waals surface area contributed by atoms with Crippen LogP contribution in [0.15, 0.2) is 11.8 Å². The molecule has 0 unspecified atom stereocenters. The molecule has 0 aromatic heterocycles. The van der Waals surface area contributed by atoms with Crippen LogP contribution in [-0.2, 0) is 9.53 Å². The maximum atomic E-state index is 11.0. The third kappa shape index (κ3) is 2.46. The van der Waals surface area contributed by atoms with Gasteiger partial charge in [0.1, 0.15) is 0 Å². The number of carbonyl (C=O) groups is 1. The van der Waals surface area contributed by atoms with Crippen molar-refractivity contribution in [1.82, 2.24) is 5.01 Å². The van der Waals surface area contributed by atoms with Crippen molar-refractivity contribution >= 4 is 22.9 Å². The Morgan fingerprint density at radius 3 is 3.08 bits per heavy atom. The monoisotopic (exact) mass is 201 g/mol. The summed E-state index contributed by atoms with van der Waals surface area (Å²) in [5.41, 5.74) is 0.605. The van der Waals surface area contributed by atoms with E-state index >= 15 is 0 Å². The Morgan fingerprint density at radius 1 is 1.92 bits per heavy atom. The van der Waals surface area contributed by atoms with Crippen molar-refractivity contribution in [3.63, 3.8) is 0 Å². The van der Waals surface area contributed by atoms with E-state index in [0.717, 1.165) is 0 Å². The number of nitrogens with one attached hydrogen (secondary N) is 1. The zero-order chi connectivity index (χ0) is 9.84. The van der Waals surface area contributed by atoms with Crippen LogP contribution in [0.3, 0.4) is 0 Å². The second-order valence-corrected chi connectivity index (χ2v) is 3.32. The van der Waals surface area contributed by atoms with Gasteiger partial charge in [-0.25, -0.2) is 10.6 Å². The van der Waals surface area contributed by atoms with Crippen molar-refractivity contribution in [3.8, 4) is 0 Å². The normalized spacial score (nSPS) is 19.7. The molecule has 0 aliphatic carbocycles. The number of ether oxygens (including phenoxy) is 1. The molecule has 1 rings (SSSR count). The first kappa shape index (κ1) is 10.1. The molecule has 1 saturated heterocycles. The number of esters is 1. The molecule has 72 valence electrons. The van der Waals surface area contributed by atoms with Crippen LogP contribution >= 0.6 is 11.8 Å². The molecule has 0 bridgehead atoms. The Balaban J connectivity index is 2.61. The van der Waals surface area contributed by atoms with E-state index in [4.69, 9.17) is 16.0 Å². The van der Waals surface area contributed by atoms with Crippen LogP contribution in [0.2, 0.25) is 0 Å². The molecule has 6 heteroatoms. The molecule has 1 fully saturated rings. The lowest BCUT2D eigenvalue weighted by Gasteiger charge is -2.09. The summed E-state index contributed by atoms with van der Waals surface area (Å²) in [6.07, 6.45) is 1.32. The first-order chi connectivity index (χ1) is 6.15. The molecule has 1 heterocycles. The number of hydrogen-bond acceptors (Lipinski definition) is 5. The van der Waals surface area contributed by atoms with Gasteiger partial charge in [-0.3, -0.25) is 10.4 Å². The summed E-state index contributed by atoms with van der Waals surface area (Å²) in [5.74, 6) is 5.61. The van der Waals surface area contributed by atoms with Gasteiger partial charge in [0.2, 0.25) is 0 Å². The Bertz CT molecular complexity index is 264. The molecular formula is C7H11N3O2S. The Morgan fingerprint density at radius 2 is 2.62 bits per heavy atom. The van der Waals surface area contributed by atoms with Crippen LogP contribution in [0.25, 0.3) is 0 Å². The highest BCUT2D eigenvalue weighted by Crippen LogP contribution is 2.22. The maximum Gasteiger partial charge on any atom is 0.332 e. The fraction of sp³-hybridized carbons (Fsp3) is 0.429. The smallest absolute Gasteiger partial charge is 0.332 e. The second kappa shape index (κ2) is 4.29. The van der Waals surface area contributed by atoms with Crippen LogP contribution in [0, 0.1) is 5.41 Å². The number of rotatable bonds is 2. The van der Waals surface area contributed by atoms with Crippen molar-refractivity contribution in [3.05, 3.63) is 11.8 Å². The van der Waals surface area contributed by atoms with Gasteiger partial charge >= 0.3 is 5.97 Å². The fourth-order valence-corrected chi connectivity index (χ4v) is 1.61. The van der Waals surface area contributed by atoms with Crippen molar-refractivity contribution < 1.29 is 9.53 Å². The van der Waals surface area contributed by atoms with Gasteiger partial charge in [0.15, 0.2) is 5.17 Å². The van der Waals surface area contributed by atoms with Gasteiger partial charge in [-0.2, -0.15) is 0 Å². The molecule has 0 spiro atoms. The molecule has 0 radical (unpaired) electrons. The summed E-state index contributed by atoms with van der Waals surface area (Å²) in [4.78, 5) is 11.0. The highest BCUT2D eigenvalue weighted by molar-refractivity contribution is 8.14. The molecule has 1 aliphatic heterocycles. The molecular weight excluding hydrogens is 190 g/mol. The summed E-state index contributed by atoms with van der Waals surface area (Å²) < 4.78 is 4.71. The van der Waals surface area contributed by atoms with Crippen molar-refractivity contribution in [1.29, 1.82) is 5.41 Å². The van der Waals surface area contributed by atoms with E-state index in [0.29, 0.717) is 18.1 Å². The number of thioether (sulfide) groups is 1. The van der Waals surface area contributed by atoms with Crippen LogP contribution in [0.1, 0.15) is 6.92 Å². The van der Waals surface area contributed by atoms with E-state index in [-0.39, 0.29) is 5.17 Å². The average molecular weight is 201 g/mol. The van der Waals surface area contributed by atoms with Crippen LogP contribution in [0.5, 0.6) is 0 Å². The molecule has 3 N–H and O–H groups in total. The van der Waals surface area contributed by atoms with Crippen LogP contribution in [-0.4, -0.2) is 28.5 Å². The van der Waals surface area contributed by atoms with E-state index in [1.165, 1.54) is 22.8 Å². The number of nitrogens with two attached hydrogens (primary N) is 1. The van der Waals surface area contributed by atoms with Gasteiger partial charge in [0.25, 0.3) is 0 Å². The van der Waals surface area contributed by atoms with Gasteiger partial charge in [0.05, 0.1) is 12.3 Å². The summed E-state index contributed by atoms with van der Waals surface area (Å²) in [6, 6.07) is 0. The van der Waals surface area contributed by atoms with Crippen LogP contribution in [0.4, 0.5) is 0 Å². The van der Waals surface area contributed by atoms with Gasteiger partial charge in [-0.1, -0.05) is 11.8 Å². The standard InChI is InChI=1S/C7H11N3O2S/c1-2-12-6(11)3-5-4-13-7(8)10(5)9/h3,8H,2,4,9H2,1H3. The van der Waals surface area contributed by atoms with Gasteiger partial charge < -0.3 is 4.74 Å². The Hall–Kier alpha value is -1.01. The molecule has 1 aliphatic rings. The SMILES string of the molecule is CCOC(=O)C=C1CSC(=N)N1N. The Kier molecular flexibility index (Phi) is 3.32. The van der Waals surface area contributed by atoms with Crippen molar-refractivity contribution in [2.24, 2.45) is 5.84 Å². The summed E-state index contributed by atoms with van der Waals surface area (Å²) >= 11 is 1.28. The molecule has 0 amide bonds. The van der Waals surface area contributed by atoms with E-state index in [1.54, 1.807) is 6.92 Å². The topological polar surface area (TPSA) is 79.4 Å². The zero-order valence-corrected chi connectivity index (χ0v) is 8.06. The lowest BCUT2D eigenvalue weighted by atomic mass is 10.4. The van der Waals surface area contributed by atoms with Crippen LogP contribution < -0.4 is 5.84 Å². The Labute approximate surface area is 80.4 Å². The van der Waals surface area contributed by atoms with Crippen molar-refractivity contribution in [2.75, 3.05) is 12.4 Å². The first-order valence-corrected chi connectivity index (χ1v) is 4.77. The van der Waals surface area contributed by atoms with E-state index in [1.807, 2.05) is 0 Å². The highest BCUT2D eigenvalue weighted by Gasteiger charge is 2.21. The molecule has 5 nitrogen and oxygen atoms in total. The number of amidine groups is 1. The first-order valence-electron chi connectivity index (χ1n) is 3.78. The third-order valence-corrected chi connectivity index (χ3v) is 2.37. The maximum absolute atomic E-state index is 11.0. The minimum atomic E-state index is -0.414. The molecule has 0 saturated carbocycles. The second-order valence-electron chi connectivity index (χ2n) is 2.35.